The third-order valence-electron chi connectivity index (χ3n) is 12.3. The average Bonchev–Trinajstić information content (AvgIpc) is 4.03. The molecule has 2 aliphatic rings. The van der Waals surface area contributed by atoms with E-state index in [2.05, 4.69) is 32.7 Å². The summed E-state index contributed by atoms with van der Waals surface area (Å²) in [6.45, 7) is 1.39. The highest BCUT2D eigenvalue weighted by Gasteiger charge is 2.32. The number of benzene rings is 4. The summed E-state index contributed by atoms with van der Waals surface area (Å²) in [7, 11) is 0. The van der Waals surface area contributed by atoms with Gasteiger partial charge in [0.1, 0.15) is 36.9 Å². The van der Waals surface area contributed by atoms with Crippen LogP contribution >= 0.6 is 0 Å². The van der Waals surface area contributed by atoms with Gasteiger partial charge in [0, 0.05) is 109 Å². The minimum atomic E-state index is -1.12. The summed E-state index contributed by atoms with van der Waals surface area (Å²) < 4.78 is 12.5. The second-order valence-corrected chi connectivity index (χ2v) is 17.4. The predicted molar refractivity (Wildman–Crippen MR) is 262 cm³/mol. The molecular weight excluding hydrogens is 921 g/mol. The Morgan fingerprint density at radius 3 is 1.44 bits per heavy atom. The average molecular weight is 971 g/mol. The summed E-state index contributed by atoms with van der Waals surface area (Å²) in [6.07, 6.45) is 4.18. The van der Waals surface area contributed by atoms with E-state index in [-0.39, 0.29) is 51.2 Å². The van der Waals surface area contributed by atoms with E-state index in [4.69, 9.17) is 19.7 Å². The molecule has 4 heterocycles. The smallest absolute Gasteiger partial charge is 0.306 e. The number of nitriles is 2. The van der Waals surface area contributed by atoms with E-state index in [9.17, 15) is 39.9 Å². The molecule has 366 valence electrons. The van der Waals surface area contributed by atoms with Crippen molar-refractivity contribution in [2.24, 2.45) is 0 Å². The van der Waals surface area contributed by atoms with Gasteiger partial charge in [-0.15, -0.1) is 0 Å². The zero-order valence-electron chi connectivity index (χ0n) is 39.0. The summed E-state index contributed by atoms with van der Waals surface area (Å²) in [4.78, 5) is 62.8. The van der Waals surface area contributed by atoms with E-state index in [0.717, 1.165) is 33.6 Å². The van der Waals surface area contributed by atoms with Crippen LogP contribution in [0.4, 0.5) is 11.4 Å². The van der Waals surface area contributed by atoms with Gasteiger partial charge in [-0.2, -0.15) is 10.5 Å². The number of nitrogens with one attached hydrogen (secondary N) is 2. The number of aliphatic carboxylic acids is 2. The van der Waals surface area contributed by atoms with Gasteiger partial charge >= 0.3 is 11.9 Å². The number of rotatable bonds is 21. The number of aliphatic hydroxyl groups is 2. The van der Waals surface area contributed by atoms with Crippen molar-refractivity contribution in [2.75, 3.05) is 36.0 Å². The Labute approximate surface area is 414 Å². The first kappa shape index (κ1) is 49.9. The normalized spacial score (nSPS) is 13.3. The molecular formula is C54H50N8O10. The van der Waals surface area contributed by atoms with Crippen molar-refractivity contribution >= 4 is 35.1 Å². The first-order valence-electron chi connectivity index (χ1n) is 23.2. The zero-order valence-corrected chi connectivity index (χ0v) is 39.0. The van der Waals surface area contributed by atoms with Crippen molar-refractivity contribution in [1.29, 1.82) is 10.5 Å². The van der Waals surface area contributed by atoms with Crippen LogP contribution in [0.2, 0.25) is 0 Å². The Bertz CT molecular complexity index is 2910. The Balaban J connectivity index is 1.02. The second-order valence-electron chi connectivity index (χ2n) is 17.4. The Hall–Kier alpha value is -8.52. The number of pyridine rings is 2. The number of hydrogen-bond donors (Lipinski definition) is 6. The van der Waals surface area contributed by atoms with Crippen LogP contribution in [0.1, 0.15) is 78.1 Å². The quantitative estimate of drug-likeness (QED) is 0.0534. The van der Waals surface area contributed by atoms with Crippen molar-refractivity contribution in [3.05, 3.63) is 165 Å². The fourth-order valence-corrected chi connectivity index (χ4v) is 8.91. The van der Waals surface area contributed by atoms with Crippen LogP contribution in [0, 0.1) is 22.7 Å². The predicted octanol–water partition coefficient (Wildman–Crippen LogP) is 5.30. The molecule has 0 aliphatic carbocycles. The van der Waals surface area contributed by atoms with Gasteiger partial charge in [-0.25, -0.2) is 0 Å². The van der Waals surface area contributed by atoms with Crippen molar-refractivity contribution in [2.45, 2.75) is 64.2 Å². The van der Waals surface area contributed by atoms with E-state index in [1.54, 1.807) is 70.7 Å². The van der Waals surface area contributed by atoms with Crippen LogP contribution in [-0.4, -0.2) is 92.5 Å². The van der Waals surface area contributed by atoms with Gasteiger partial charge < -0.3 is 50.3 Å². The van der Waals surface area contributed by atoms with E-state index in [0.29, 0.717) is 81.9 Å². The molecule has 0 spiro atoms. The lowest BCUT2D eigenvalue weighted by Crippen LogP contribution is -2.29. The fraction of sp³-hybridized carbons (Fsp3) is 0.259. The molecule has 0 radical (unpaired) electrons. The van der Waals surface area contributed by atoms with Gasteiger partial charge in [-0.1, -0.05) is 36.4 Å². The van der Waals surface area contributed by atoms with Crippen molar-refractivity contribution in [1.82, 2.24) is 20.6 Å². The summed E-state index contributed by atoms with van der Waals surface area (Å²) in [5, 5.41) is 63.2. The lowest BCUT2D eigenvalue weighted by molar-refractivity contribution is -0.140. The number of fused-ring (bicyclic) bond motifs is 2. The minimum absolute atomic E-state index is 0.0177. The molecule has 0 fully saturated rings. The number of aromatic nitrogens is 2. The van der Waals surface area contributed by atoms with Gasteiger partial charge in [-0.05, 0) is 83.6 Å². The van der Waals surface area contributed by atoms with Gasteiger partial charge in [0.25, 0.3) is 11.8 Å². The number of amides is 2. The SMILES string of the molecule is N#Cc1cncc(COc2cc(C(=O)N3CCc4c(-c5cccc6c5CCN6C(=O)c5ccc(CNC[C@@H](O)CC(=O)O)c(OCc6cncc(C#N)c6)c5)cccc43)ccc2CNC[C@@H](O)CC(=O)O)c1. The summed E-state index contributed by atoms with van der Waals surface area (Å²) in [6, 6.07) is 29.4. The highest BCUT2D eigenvalue weighted by Crippen LogP contribution is 2.43. The molecule has 2 atom stereocenters. The number of carbonyl (C=O) groups excluding carboxylic acids is 2. The molecule has 18 heteroatoms. The fourth-order valence-electron chi connectivity index (χ4n) is 8.91. The number of ether oxygens (including phenoxy) is 2. The third-order valence-corrected chi connectivity index (χ3v) is 12.3. The van der Waals surface area contributed by atoms with Crippen molar-refractivity contribution in [3.8, 4) is 34.8 Å². The standard InChI is InChI=1S/C54H50N8O10/c55-21-33-15-35(25-57-23-33)31-71-49-17-37(7-9-39(49)27-59-29-41(63)19-51(65)66)53(69)61-13-11-45-43(3-1-5-47(45)61)44-4-2-6-48-46(44)12-14-62(48)54(70)38-8-10-40(28-60-30-42(64)20-52(67)68)50(18-38)72-32-36-16-34(22-56)24-58-26-36/h1-10,15-18,23-26,41-42,59-60,63-64H,11-14,19-20,27-32H2,(H,65,66)(H,67,68)/t41-,42-/m0/s1. The third kappa shape index (κ3) is 11.9. The van der Waals surface area contributed by atoms with Gasteiger partial charge in [0.05, 0.1) is 36.2 Å². The first-order chi connectivity index (χ1) is 34.9. The molecule has 2 amide bonds. The lowest BCUT2D eigenvalue weighted by Gasteiger charge is -2.21. The zero-order chi connectivity index (χ0) is 50.7. The molecule has 0 bridgehead atoms. The Morgan fingerprint density at radius 2 is 1.04 bits per heavy atom. The van der Waals surface area contributed by atoms with E-state index in [1.807, 2.05) is 36.4 Å². The molecule has 0 unspecified atom stereocenters. The summed E-state index contributed by atoms with van der Waals surface area (Å²) in [5.41, 5.74) is 9.49. The lowest BCUT2D eigenvalue weighted by atomic mass is 9.93. The van der Waals surface area contributed by atoms with Crippen LogP contribution < -0.4 is 29.9 Å². The maximum Gasteiger partial charge on any atom is 0.306 e. The summed E-state index contributed by atoms with van der Waals surface area (Å²) >= 11 is 0. The van der Waals surface area contributed by atoms with Gasteiger partial charge in [0.2, 0.25) is 0 Å². The molecule has 4 aromatic carbocycles. The van der Waals surface area contributed by atoms with Crippen molar-refractivity contribution < 1.29 is 49.1 Å². The first-order valence-corrected chi connectivity index (χ1v) is 23.2. The van der Waals surface area contributed by atoms with Gasteiger partial charge in [-0.3, -0.25) is 29.1 Å². The van der Waals surface area contributed by atoms with Gasteiger partial charge in [0.15, 0.2) is 0 Å². The second kappa shape index (κ2) is 22.9. The number of nitrogens with zero attached hydrogens (tertiary/aromatic N) is 6. The number of anilines is 2. The van der Waals surface area contributed by atoms with E-state index >= 15 is 0 Å². The van der Waals surface area contributed by atoms with Crippen LogP contribution in [0.25, 0.3) is 11.1 Å². The number of carboxylic acids is 2. The molecule has 0 saturated carbocycles. The molecule has 2 aromatic heterocycles. The molecule has 6 aromatic rings. The van der Waals surface area contributed by atoms with Crippen molar-refractivity contribution in [3.63, 3.8) is 0 Å². The topological polar surface area (TPSA) is 272 Å². The molecule has 2 aliphatic heterocycles. The highest BCUT2D eigenvalue weighted by molar-refractivity contribution is 6.09. The number of carboxylic acid groups (broad SMARTS) is 2. The van der Waals surface area contributed by atoms with Crippen LogP contribution in [0.3, 0.4) is 0 Å². The number of aliphatic hydroxyl groups excluding tert-OH is 2. The Kier molecular flexibility index (Phi) is 15.9. The van der Waals surface area contributed by atoms with E-state index < -0.39 is 37.0 Å². The highest BCUT2D eigenvalue weighted by atomic mass is 16.5. The number of carbonyl (C=O) groups is 4. The van der Waals surface area contributed by atoms with Crippen LogP contribution in [0.5, 0.6) is 11.5 Å². The van der Waals surface area contributed by atoms with E-state index in [1.165, 1.54) is 12.4 Å². The molecule has 6 N–H and O–H groups in total. The molecule has 18 nitrogen and oxygen atoms in total. The minimum Gasteiger partial charge on any atom is -0.488 e. The monoisotopic (exact) mass is 970 g/mol. The maximum absolute atomic E-state index is 14.4. The Morgan fingerprint density at radius 1 is 0.611 bits per heavy atom. The maximum atomic E-state index is 14.4. The largest absolute Gasteiger partial charge is 0.488 e. The molecule has 0 saturated heterocycles. The molecule has 72 heavy (non-hydrogen) atoms. The summed E-state index contributed by atoms with van der Waals surface area (Å²) in [5.74, 6) is -1.96. The van der Waals surface area contributed by atoms with Crippen LogP contribution in [-0.2, 0) is 48.7 Å². The molecule has 8 rings (SSSR count). The number of hydrogen-bond acceptors (Lipinski definition) is 14. The van der Waals surface area contributed by atoms with Crippen LogP contribution in [0.15, 0.2) is 110 Å².